The van der Waals surface area contributed by atoms with E-state index in [0.717, 1.165) is 17.1 Å². The Kier molecular flexibility index (Phi) is 1.69. The lowest BCUT2D eigenvalue weighted by Gasteiger charge is -1.97. The Balaban J connectivity index is 2.58. The van der Waals surface area contributed by atoms with Crippen LogP contribution in [-0.2, 0) is 14.1 Å². The standard InChI is InChI=1S/C9H12N4/c1-7-6-13(3)11-8(7)9-10-4-5-12(9)2/h4-6H,1-3H3. The lowest BCUT2D eigenvalue weighted by atomic mass is 10.3. The van der Waals surface area contributed by atoms with Gasteiger partial charge < -0.3 is 4.57 Å². The van der Waals surface area contributed by atoms with Gasteiger partial charge in [-0.05, 0) is 12.5 Å². The summed E-state index contributed by atoms with van der Waals surface area (Å²) in [5.41, 5.74) is 2.10. The Morgan fingerprint density at radius 2 is 2.08 bits per heavy atom. The predicted octanol–water partition coefficient (Wildman–Crippen LogP) is 1.13. The molecule has 0 unspecified atom stereocenters. The van der Waals surface area contributed by atoms with E-state index in [4.69, 9.17) is 0 Å². The van der Waals surface area contributed by atoms with Crippen molar-refractivity contribution in [2.45, 2.75) is 6.92 Å². The molecule has 0 aliphatic carbocycles. The Labute approximate surface area is 76.8 Å². The maximum atomic E-state index is 4.35. The monoisotopic (exact) mass is 176 g/mol. The zero-order chi connectivity index (χ0) is 9.42. The molecule has 0 saturated heterocycles. The van der Waals surface area contributed by atoms with Crippen LogP contribution in [0.5, 0.6) is 0 Å². The van der Waals surface area contributed by atoms with Crippen LogP contribution in [0.4, 0.5) is 0 Å². The van der Waals surface area contributed by atoms with E-state index in [0.29, 0.717) is 0 Å². The average Bonchev–Trinajstić information content (AvgIpc) is 2.58. The first-order valence-electron chi connectivity index (χ1n) is 4.16. The number of rotatable bonds is 1. The van der Waals surface area contributed by atoms with Crippen LogP contribution < -0.4 is 0 Å². The van der Waals surface area contributed by atoms with E-state index in [1.165, 1.54) is 0 Å². The summed E-state index contributed by atoms with van der Waals surface area (Å²) in [5, 5.41) is 4.35. The van der Waals surface area contributed by atoms with Gasteiger partial charge in [0.1, 0.15) is 5.69 Å². The Morgan fingerprint density at radius 1 is 1.31 bits per heavy atom. The molecule has 2 rings (SSSR count). The number of aromatic nitrogens is 4. The first kappa shape index (κ1) is 8.04. The van der Waals surface area contributed by atoms with Crippen LogP contribution in [0.25, 0.3) is 11.5 Å². The third-order valence-corrected chi connectivity index (χ3v) is 2.04. The summed E-state index contributed by atoms with van der Waals surface area (Å²) in [7, 11) is 3.88. The van der Waals surface area contributed by atoms with Crippen LogP contribution in [0.2, 0.25) is 0 Å². The molecule has 0 saturated carbocycles. The van der Waals surface area contributed by atoms with Crippen molar-refractivity contribution in [3.05, 3.63) is 24.2 Å². The highest BCUT2D eigenvalue weighted by atomic mass is 15.3. The number of hydrogen-bond acceptors (Lipinski definition) is 2. The molecule has 0 spiro atoms. The molecule has 2 aromatic rings. The molecule has 0 aliphatic rings. The molecular weight excluding hydrogens is 164 g/mol. The first-order valence-corrected chi connectivity index (χ1v) is 4.16. The molecule has 2 heterocycles. The smallest absolute Gasteiger partial charge is 0.160 e. The van der Waals surface area contributed by atoms with Crippen molar-refractivity contribution in [3.8, 4) is 11.5 Å². The fourth-order valence-corrected chi connectivity index (χ4v) is 1.42. The van der Waals surface area contributed by atoms with Crippen LogP contribution in [0.1, 0.15) is 5.56 Å². The predicted molar refractivity (Wildman–Crippen MR) is 50.1 cm³/mol. The Hall–Kier alpha value is -1.58. The maximum Gasteiger partial charge on any atom is 0.160 e. The topological polar surface area (TPSA) is 35.6 Å². The molecule has 0 N–H and O–H groups in total. The normalized spacial score (nSPS) is 10.7. The van der Waals surface area contributed by atoms with Gasteiger partial charge in [0.15, 0.2) is 5.82 Å². The van der Waals surface area contributed by atoms with Crippen molar-refractivity contribution in [3.63, 3.8) is 0 Å². The quantitative estimate of drug-likeness (QED) is 0.653. The third-order valence-electron chi connectivity index (χ3n) is 2.04. The van der Waals surface area contributed by atoms with E-state index < -0.39 is 0 Å². The van der Waals surface area contributed by atoms with Gasteiger partial charge >= 0.3 is 0 Å². The summed E-state index contributed by atoms with van der Waals surface area (Å²) >= 11 is 0. The van der Waals surface area contributed by atoms with Gasteiger partial charge in [0.05, 0.1) is 0 Å². The molecule has 0 aromatic carbocycles. The molecule has 0 atom stereocenters. The van der Waals surface area contributed by atoms with Gasteiger partial charge in [-0.15, -0.1) is 0 Å². The lowest BCUT2D eigenvalue weighted by Crippen LogP contribution is -1.94. The van der Waals surface area contributed by atoms with Crippen LogP contribution >= 0.6 is 0 Å². The molecule has 0 amide bonds. The van der Waals surface area contributed by atoms with Crippen LogP contribution in [0.15, 0.2) is 18.6 Å². The second kappa shape index (κ2) is 2.73. The van der Waals surface area contributed by atoms with Crippen molar-refractivity contribution in [1.82, 2.24) is 19.3 Å². The number of nitrogens with zero attached hydrogens (tertiary/aromatic N) is 4. The molecular formula is C9H12N4. The highest BCUT2D eigenvalue weighted by molar-refractivity contribution is 5.53. The summed E-state index contributed by atoms with van der Waals surface area (Å²) in [6, 6.07) is 0. The Morgan fingerprint density at radius 3 is 2.54 bits per heavy atom. The van der Waals surface area contributed by atoms with Crippen molar-refractivity contribution in [2.75, 3.05) is 0 Å². The van der Waals surface area contributed by atoms with Gasteiger partial charge in [-0.1, -0.05) is 0 Å². The van der Waals surface area contributed by atoms with Crippen molar-refractivity contribution in [2.24, 2.45) is 14.1 Å². The molecule has 4 nitrogen and oxygen atoms in total. The minimum Gasteiger partial charge on any atom is -0.333 e. The van der Waals surface area contributed by atoms with Gasteiger partial charge in [-0.3, -0.25) is 4.68 Å². The summed E-state index contributed by atoms with van der Waals surface area (Å²) in [5.74, 6) is 0.915. The Bertz CT molecular complexity index is 425. The molecule has 68 valence electrons. The van der Waals surface area contributed by atoms with Crippen molar-refractivity contribution < 1.29 is 0 Å². The summed E-state index contributed by atoms with van der Waals surface area (Å²) in [4.78, 5) is 4.25. The lowest BCUT2D eigenvalue weighted by molar-refractivity contribution is 0.765. The van der Waals surface area contributed by atoms with Crippen LogP contribution in [-0.4, -0.2) is 19.3 Å². The van der Waals surface area contributed by atoms with E-state index in [-0.39, 0.29) is 0 Å². The molecule has 2 aromatic heterocycles. The largest absolute Gasteiger partial charge is 0.333 e. The number of hydrogen-bond donors (Lipinski definition) is 0. The summed E-state index contributed by atoms with van der Waals surface area (Å²) < 4.78 is 3.77. The van der Waals surface area contributed by atoms with Crippen molar-refractivity contribution in [1.29, 1.82) is 0 Å². The molecule has 0 fully saturated rings. The SMILES string of the molecule is Cc1cn(C)nc1-c1nccn1C. The van der Waals surface area contributed by atoms with Gasteiger partial charge in [0, 0.05) is 32.7 Å². The van der Waals surface area contributed by atoms with Crippen molar-refractivity contribution >= 4 is 0 Å². The highest BCUT2D eigenvalue weighted by Gasteiger charge is 2.09. The second-order valence-corrected chi connectivity index (χ2v) is 3.20. The summed E-state index contributed by atoms with van der Waals surface area (Å²) in [6.45, 7) is 2.04. The highest BCUT2D eigenvalue weighted by Crippen LogP contribution is 2.17. The first-order chi connectivity index (χ1) is 6.18. The second-order valence-electron chi connectivity index (χ2n) is 3.20. The molecule has 0 radical (unpaired) electrons. The maximum absolute atomic E-state index is 4.35. The van der Waals surface area contributed by atoms with Gasteiger partial charge in [-0.25, -0.2) is 4.98 Å². The minimum absolute atomic E-state index is 0.915. The minimum atomic E-state index is 0.915. The molecule has 0 aliphatic heterocycles. The fraction of sp³-hybridized carbons (Fsp3) is 0.333. The van der Waals surface area contributed by atoms with E-state index in [1.807, 2.05) is 38.0 Å². The fourth-order valence-electron chi connectivity index (χ4n) is 1.42. The number of aryl methyl sites for hydroxylation is 3. The molecule has 13 heavy (non-hydrogen) atoms. The van der Waals surface area contributed by atoms with Crippen LogP contribution in [0.3, 0.4) is 0 Å². The van der Waals surface area contributed by atoms with Gasteiger partial charge in [0.2, 0.25) is 0 Å². The molecule has 4 heteroatoms. The van der Waals surface area contributed by atoms with E-state index in [2.05, 4.69) is 10.1 Å². The van der Waals surface area contributed by atoms with E-state index in [9.17, 15) is 0 Å². The molecule has 0 bridgehead atoms. The van der Waals surface area contributed by atoms with E-state index in [1.54, 1.807) is 10.9 Å². The van der Waals surface area contributed by atoms with Gasteiger partial charge in [0.25, 0.3) is 0 Å². The average molecular weight is 176 g/mol. The van der Waals surface area contributed by atoms with Crippen LogP contribution in [0, 0.1) is 6.92 Å². The number of imidazole rings is 1. The zero-order valence-electron chi connectivity index (χ0n) is 8.02. The zero-order valence-corrected chi connectivity index (χ0v) is 8.02. The van der Waals surface area contributed by atoms with Gasteiger partial charge in [-0.2, -0.15) is 5.10 Å². The summed E-state index contributed by atoms with van der Waals surface area (Å²) in [6.07, 6.45) is 5.69. The third kappa shape index (κ3) is 1.24. The van der Waals surface area contributed by atoms with E-state index >= 15 is 0 Å².